The molecule has 0 aliphatic carbocycles. The first-order valence-electron chi connectivity index (χ1n) is 6.75. The smallest absolute Gasteiger partial charge is 0.308 e. The molecular formula is C14H26O4. The van der Waals surface area contributed by atoms with Gasteiger partial charge in [0.15, 0.2) is 0 Å². The first kappa shape index (κ1) is 15.4. The van der Waals surface area contributed by atoms with E-state index >= 15 is 0 Å². The highest BCUT2D eigenvalue weighted by Crippen LogP contribution is 2.21. The molecule has 0 spiro atoms. The largest absolute Gasteiger partial charge is 0.460 e. The van der Waals surface area contributed by atoms with Gasteiger partial charge in [-0.25, -0.2) is 0 Å². The van der Waals surface area contributed by atoms with E-state index in [-0.39, 0.29) is 24.3 Å². The molecule has 0 bridgehead atoms. The van der Waals surface area contributed by atoms with Gasteiger partial charge in [-0.1, -0.05) is 0 Å². The third-order valence-corrected chi connectivity index (χ3v) is 2.73. The van der Waals surface area contributed by atoms with E-state index in [0.717, 1.165) is 12.8 Å². The summed E-state index contributed by atoms with van der Waals surface area (Å²) in [5.74, 6) is -0.198. The highest BCUT2D eigenvalue weighted by molar-refractivity contribution is 5.69. The molecule has 0 aromatic carbocycles. The van der Waals surface area contributed by atoms with Gasteiger partial charge in [0.1, 0.15) is 5.60 Å². The Labute approximate surface area is 110 Å². The van der Waals surface area contributed by atoms with E-state index in [2.05, 4.69) is 13.8 Å². The minimum atomic E-state index is -0.418. The first-order chi connectivity index (χ1) is 8.26. The quantitative estimate of drug-likeness (QED) is 0.727. The van der Waals surface area contributed by atoms with Gasteiger partial charge < -0.3 is 14.2 Å². The van der Waals surface area contributed by atoms with Crippen LogP contribution >= 0.6 is 0 Å². The lowest BCUT2D eigenvalue weighted by Gasteiger charge is -2.32. The van der Waals surface area contributed by atoms with Crippen LogP contribution in [0.25, 0.3) is 0 Å². The zero-order valence-corrected chi connectivity index (χ0v) is 12.2. The van der Waals surface area contributed by atoms with Crippen LogP contribution in [0.1, 0.15) is 53.9 Å². The maximum Gasteiger partial charge on any atom is 0.308 e. The van der Waals surface area contributed by atoms with E-state index in [9.17, 15) is 4.79 Å². The maximum absolute atomic E-state index is 11.5. The Morgan fingerprint density at radius 2 is 1.78 bits per heavy atom. The van der Waals surface area contributed by atoms with E-state index < -0.39 is 5.60 Å². The summed E-state index contributed by atoms with van der Waals surface area (Å²) < 4.78 is 16.6. The maximum atomic E-state index is 11.5. The molecular weight excluding hydrogens is 232 g/mol. The fraction of sp³-hybridized carbons (Fsp3) is 0.929. The molecule has 106 valence electrons. The summed E-state index contributed by atoms with van der Waals surface area (Å²) in [4.78, 5) is 11.5. The summed E-state index contributed by atoms with van der Waals surface area (Å²) in [7, 11) is 0. The van der Waals surface area contributed by atoms with Crippen LogP contribution in [0, 0.1) is 0 Å². The molecule has 1 rings (SSSR count). The van der Waals surface area contributed by atoms with Gasteiger partial charge in [0.05, 0.1) is 31.3 Å². The van der Waals surface area contributed by atoms with Crippen molar-refractivity contribution in [1.82, 2.24) is 0 Å². The van der Waals surface area contributed by atoms with Gasteiger partial charge in [-0.3, -0.25) is 4.79 Å². The lowest BCUT2D eigenvalue weighted by atomic mass is 10.0. The van der Waals surface area contributed by atoms with Gasteiger partial charge >= 0.3 is 5.97 Å². The van der Waals surface area contributed by atoms with E-state index in [1.807, 2.05) is 20.8 Å². The molecule has 18 heavy (non-hydrogen) atoms. The molecule has 0 N–H and O–H groups in total. The molecule has 0 saturated carbocycles. The van der Waals surface area contributed by atoms with Crippen molar-refractivity contribution in [3.63, 3.8) is 0 Å². The third-order valence-electron chi connectivity index (χ3n) is 2.73. The topological polar surface area (TPSA) is 44.8 Å². The minimum Gasteiger partial charge on any atom is -0.460 e. The molecule has 1 aliphatic rings. The average Bonchev–Trinajstić information content (AvgIpc) is 2.12. The van der Waals surface area contributed by atoms with E-state index in [4.69, 9.17) is 14.2 Å². The molecule has 0 amide bonds. The fourth-order valence-corrected chi connectivity index (χ4v) is 2.18. The number of hydrogen-bond donors (Lipinski definition) is 0. The van der Waals surface area contributed by atoms with Crippen molar-refractivity contribution in [2.24, 2.45) is 0 Å². The van der Waals surface area contributed by atoms with Crippen LogP contribution in [0.15, 0.2) is 0 Å². The summed E-state index contributed by atoms with van der Waals surface area (Å²) >= 11 is 0. The van der Waals surface area contributed by atoms with Crippen LogP contribution in [-0.2, 0) is 19.0 Å². The highest BCUT2D eigenvalue weighted by Gasteiger charge is 2.25. The Hall–Kier alpha value is -0.610. The van der Waals surface area contributed by atoms with Gasteiger partial charge in [-0.15, -0.1) is 0 Å². The van der Waals surface area contributed by atoms with Crippen molar-refractivity contribution >= 4 is 5.97 Å². The zero-order chi connectivity index (χ0) is 13.8. The molecule has 4 nitrogen and oxygen atoms in total. The summed E-state index contributed by atoms with van der Waals surface area (Å²) in [5, 5.41) is 0. The number of esters is 1. The van der Waals surface area contributed by atoms with Crippen LogP contribution in [0.4, 0.5) is 0 Å². The Morgan fingerprint density at radius 3 is 2.28 bits per heavy atom. The number of hydrogen-bond acceptors (Lipinski definition) is 4. The molecule has 1 fully saturated rings. The van der Waals surface area contributed by atoms with Crippen molar-refractivity contribution in [1.29, 1.82) is 0 Å². The molecule has 1 saturated heterocycles. The van der Waals surface area contributed by atoms with Crippen molar-refractivity contribution in [3.8, 4) is 0 Å². The predicted molar refractivity (Wildman–Crippen MR) is 69.4 cm³/mol. The van der Waals surface area contributed by atoms with Gasteiger partial charge in [-0.2, -0.15) is 0 Å². The van der Waals surface area contributed by atoms with Crippen molar-refractivity contribution < 1.29 is 19.0 Å². The minimum absolute atomic E-state index is 0.198. The fourth-order valence-electron chi connectivity index (χ4n) is 2.18. The second kappa shape index (κ2) is 6.53. The standard InChI is InChI=1S/C14H26O4/c1-10-8-12(9-11(2)17-10)16-7-6-13(15)18-14(3,4)5/h10-12H,6-9H2,1-5H3. The second-order valence-electron chi connectivity index (χ2n) is 6.06. The van der Waals surface area contributed by atoms with Crippen LogP contribution in [0.3, 0.4) is 0 Å². The number of rotatable bonds is 4. The molecule has 2 unspecified atom stereocenters. The first-order valence-corrected chi connectivity index (χ1v) is 6.75. The molecule has 0 aromatic heterocycles. The third kappa shape index (κ3) is 6.36. The van der Waals surface area contributed by atoms with Crippen LogP contribution in [-0.4, -0.2) is 36.5 Å². The Balaban J connectivity index is 2.19. The number of carbonyl (C=O) groups is 1. The Morgan fingerprint density at radius 1 is 1.22 bits per heavy atom. The average molecular weight is 258 g/mol. The molecule has 4 heteroatoms. The molecule has 0 radical (unpaired) electrons. The van der Waals surface area contributed by atoms with Crippen LogP contribution in [0.2, 0.25) is 0 Å². The van der Waals surface area contributed by atoms with Gasteiger partial charge in [0.25, 0.3) is 0 Å². The lowest BCUT2D eigenvalue weighted by Crippen LogP contribution is -2.34. The van der Waals surface area contributed by atoms with Crippen molar-refractivity contribution in [2.75, 3.05) is 6.61 Å². The highest BCUT2D eigenvalue weighted by atomic mass is 16.6. The summed E-state index contributed by atoms with van der Waals surface area (Å²) in [6, 6.07) is 0. The Kier molecular flexibility index (Phi) is 5.60. The molecule has 2 atom stereocenters. The lowest BCUT2D eigenvalue weighted by molar-refractivity contribution is -0.157. The van der Waals surface area contributed by atoms with Crippen molar-refractivity contribution in [3.05, 3.63) is 0 Å². The molecule has 1 aliphatic heterocycles. The van der Waals surface area contributed by atoms with Crippen LogP contribution in [0.5, 0.6) is 0 Å². The predicted octanol–water partition coefficient (Wildman–Crippen LogP) is 2.69. The SMILES string of the molecule is CC1CC(OCCC(=O)OC(C)(C)C)CC(C)O1. The second-order valence-corrected chi connectivity index (χ2v) is 6.06. The Bertz CT molecular complexity index is 259. The summed E-state index contributed by atoms with van der Waals surface area (Å²) in [6.07, 6.45) is 2.79. The number of carbonyl (C=O) groups excluding carboxylic acids is 1. The van der Waals surface area contributed by atoms with E-state index in [1.165, 1.54) is 0 Å². The molecule has 1 heterocycles. The van der Waals surface area contributed by atoms with Gasteiger partial charge in [0, 0.05) is 0 Å². The van der Waals surface area contributed by atoms with Crippen LogP contribution < -0.4 is 0 Å². The van der Waals surface area contributed by atoms with Gasteiger partial charge in [0.2, 0.25) is 0 Å². The molecule has 0 aromatic rings. The number of ether oxygens (including phenoxy) is 3. The van der Waals surface area contributed by atoms with E-state index in [1.54, 1.807) is 0 Å². The van der Waals surface area contributed by atoms with Crippen molar-refractivity contribution in [2.45, 2.75) is 77.8 Å². The summed E-state index contributed by atoms with van der Waals surface area (Å²) in [5.41, 5.74) is -0.418. The normalized spacial score (nSPS) is 29.1. The zero-order valence-electron chi connectivity index (χ0n) is 12.2. The van der Waals surface area contributed by atoms with Gasteiger partial charge in [-0.05, 0) is 47.5 Å². The van der Waals surface area contributed by atoms with E-state index in [0.29, 0.717) is 13.0 Å². The summed E-state index contributed by atoms with van der Waals surface area (Å²) in [6.45, 7) is 10.1. The monoisotopic (exact) mass is 258 g/mol.